The van der Waals surface area contributed by atoms with Gasteiger partial charge in [0.25, 0.3) is 15.7 Å². The van der Waals surface area contributed by atoms with Crippen molar-refractivity contribution in [1.82, 2.24) is 0 Å². The number of nitro benzene ring substituents is 1. The highest BCUT2D eigenvalue weighted by molar-refractivity contribution is 7.92. The van der Waals surface area contributed by atoms with Crippen LogP contribution in [0.3, 0.4) is 0 Å². The number of anilines is 1. The molecule has 0 radical (unpaired) electrons. The molecule has 9 heteroatoms. The van der Waals surface area contributed by atoms with Gasteiger partial charge in [-0.05, 0) is 36.1 Å². The molecule has 0 bridgehead atoms. The van der Waals surface area contributed by atoms with Crippen molar-refractivity contribution in [1.29, 1.82) is 0 Å². The van der Waals surface area contributed by atoms with Crippen molar-refractivity contribution in [3.05, 3.63) is 57.1 Å². The van der Waals surface area contributed by atoms with Crippen LogP contribution in [0.2, 0.25) is 5.02 Å². The summed E-state index contributed by atoms with van der Waals surface area (Å²) in [4.78, 5) is 10.0. The van der Waals surface area contributed by atoms with Crippen LogP contribution in [-0.4, -0.2) is 18.4 Å². The highest BCUT2D eigenvalue weighted by Crippen LogP contribution is 2.36. The van der Waals surface area contributed by atoms with E-state index < -0.39 is 26.4 Å². The first-order valence-corrected chi connectivity index (χ1v) is 9.31. The van der Waals surface area contributed by atoms with Crippen molar-refractivity contribution < 1.29 is 18.4 Å². The Kier molecular flexibility index (Phi) is 5.54. The molecule has 2 rings (SSSR count). The molecule has 0 spiro atoms. The lowest BCUT2D eigenvalue weighted by Crippen LogP contribution is -2.13. The van der Waals surface area contributed by atoms with Crippen molar-refractivity contribution in [3.8, 4) is 5.75 Å². The Bertz CT molecular complexity index is 897. The summed E-state index contributed by atoms with van der Waals surface area (Å²) < 4.78 is 27.1. The largest absolute Gasteiger partial charge is 0.505 e. The van der Waals surface area contributed by atoms with Crippen molar-refractivity contribution in [2.75, 3.05) is 4.72 Å². The number of phenols is 1. The van der Waals surface area contributed by atoms with E-state index in [-0.39, 0.29) is 15.6 Å². The first kappa shape index (κ1) is 19.0. The minimum Gasteiger partial charge on any atom is -0.505 e. The lowest BCUT2D eigenvalue weighted by Gasteiger charge is -2.12. The maximum absolute atomic E-state index is 12.4. The summed E-state index contributed by atoms with van der Waals surface area (Å²) in [6.07, 6.45) is 0.930. The van der Waals surface area contributed by atoms with Gasteiger partial charge in [0.2, 0.25) is 0 Å². The summed E-state index contributed by atoms with van der Waals surface area (Å²) in [6.45, 7) is 4.08. The highest BCUT2D eigenvalue weighted by atomic mass is 35.5. The van der Waals surface area contributed by atoms with Gasteiger partial charge in [-0.1, -0.05) is 37.6 Å². The third-order valence-corrected chi connectivity index (χ3v) is 5.56. The van der Waals surface area contributed by atoms with Crippen LogP contribution in [0.5, 0.6) is 5.75 Å². The summed E-state index contributed by atoms with van der Waals surface area (Å²) in [6, 6.07) is 8.19. The molecule has 2 N–H and O–H groups in total. The molecule has 2 aromatic rings. The summed E-state index contributed by atoms with van der Waals surface area (Å²) in [7, 11) is -3.97. The molecule has 0 amide bonds. The number of nitrogens with zero attached hydrogens (tertiary/aromatic N) is 1. The number of rotatable bonds is 6. The molecule has 0 aliphatic rings. The van der Waals surface area contributed by atoms with Gasteiger partial charge in [-0.25, -0.2) is 8.42 Å². The SMILES string of the molecule is CCC(C)c1ccc(S(=O)(=O)Nc2cc(Cl)c([N+](=O)[O-])cc2O)cc1. The van der Waals surface area contributed by atoms with Crippen LogP contribution in [0.15, 0.2) is 41.3 Å². The van der Waals surface area contributed by atoms with E-state index in [9.17, 15) is 23.6 Å². The molecule has 2 aromatic carbocycles. The van der Waals surface area contributed by atoms with Gasteiger partial charge in [-0.2, -0.15) is 0 Å². The van der Waals surface area contributed by atoms with Crippen LogP contribution < -0.4 is 4.72 Å². The zero-order valence-corrected chi connectivity index (χ0v) is 15.1. The number of sulfonamides is 1. The molecule has 1 atom stereocenters. The lowest BCUT2D eigenvalue weighted by molar-refractivity contribution is -0.384. The van der Waals surface area contributed by atoms with Gasteiger partial charge >= 0.3 is 0 Å². The lowest BCUT2D eigenvalue weighted by atomic mass is 9.99. The fraction of sp³-hybridized carbons (Fsp3) is 0.250. The minimum absolute atomic E-state index is 0.00780. The minimum atomic E-state index is -3.97. The van der Waals surface area contributed by atoms with Gasteiger partial charge in [0.05, 0.1) is 21.6 Å². The van der Waals surface area contributed by atoms with Gasteiger partial charge in [-0.15, -0.1) is 0 Å². The topological polar surface area (TPSA) is 110 Å². The van der Waals surface area contributed by atoms with E-state index in [2.05, 4.69) is 4.72 Å². The molecule has 0 saturated heterocycles. The Labute approximate surface area is 150 Å². The van der Waals surface area contributed by atoms with Crippen LogP contribution in [0, 0.1) is 10.1 Å². The first-order valence-electron chi connectivity index (χ1n) is 7.45. The molecule has 25 heavy (non-hydrogen) atoms. The first-order chi connectivity index (χ1) is 11.7. The molecule has 0 saturated carbocycles. The number of benzene rings is 2. The van der Waals surface area contributed by atoms with Crippen molar-refractivity contribution in [2.24, 2.45) is 0 Å². The zero-order valence-electron chi connectivity index (χ0n) is 13.6. The van der Waals surface area contributed by atoms with Gasteiger partial charge in [0, 0.05) is 0 Å². The smallest absolute Gasteiger partial charge is 0.291 e. The van der Waals surface area contributed by atoms with E-state index >= 15 is 0 Å². The second-order valence-corrected chi connectivity index (χ2v) is 7.65. The molecule has 0 aromatic heterocycles. The van der Waals surface area contributed by atoms with E-state index in [4.69, 9.17) is 11.6 Å². The van der Waals surface area contributed by atoms with Crippen LogP contribution in [0.1, 0.15) is 31.7 Å². The highest BCUT2D eigenvalue weighted by Gasteiger charge is 2.21. The van der Waals surface area contributed by atoms with E-state index in [0.29, 0.717) is 5.92 Å². The Morgan fingerprint density at radius 3 is 2.40 bits per heavy atom. The van der Waals surface area contributed by atoms with Crippen molar-refractivity contribution >= 4 is 33.0 Å². The van der Waals surface area contributed by atoms with Crippen LogP contribution in [-0.2, 0) is 10.0 Å². The number of halogens is 1. The molecular formula is C16H17ClN2O5S. The molecule has 1 unspecified atom stereocenters. The van der Waals surface area contributed by atoms with Gasteiger partial charge in [0.15, 0.2) is 0 Å². The Morgan fingerprint density at radius 1 is 1.28 bits per heavy atom. The third kappa shape index (κ3) is 4.21. The summed E-state index contributed by atoms with van der Waals surface area (Å²) in [5, 5.41) is 20.3. The molecule has 7 nitrogen and oxygen atoms in total. The van der Waals surface area contributed by atoms with E-state index in [1.54, 1.807) is 12.1 Å². The summed E-state index contributed by atoms with van der Waals surface area (Å²) in [5.41, 5.74) is 0.268. The number of nitro groups is 1. The average Bonchev–Trinajstić information content (AvgIpc) is 2.56. The molecular weight excluding hydrogens is 368 g/mol. The number of hydrogen-bond acceptors (Lipinski definition) is 5. The average molecular weight is 385 g/mol. The number of aromatic hydroxyl groups is 1. The normalized spacial score (nSPS) is 12.6. The predicted molar refractivity (Wildman–Crippen MR) is 95.7 cm³/mol. The molecule has 0 aliphatic heterocycles. The standard InChI is InChI=1S/C16H17ClN2O5S/c1-3-10(2)11-4-6-12(7-5-11)25(23,24)18-14-8-13(17)15(19(21)22)9-16(14)20/h4-10,18,20H,3H2,1-2H3. The van der Waals surface area contributed by atoms with Gasteiger partial charge in [-0.3, -0.25) is 14.8 Å². The fourth-order valence-corrected chi connectivity index (χ4v) is 3.49. The molecule has 0 fully saturated rings. The van der Waals surface area contributed by atoms with E-state index in [1.165, 1.54) is 12.1 Å². The van der Waals surface area contributed by atoms with E-state index in [1.807, 2.05) is 13.8 Å². The predicted octanol–water partition coefficient (Wildman–Crippen LogP) is 4.27. The number of hydrogen-bond donors (Lipinski definition) is 2. The Balaban J connectivity index is 2.33. The van der Waals surface area contributed by atoms with Gasteiger partial charge < -0.3 is 5.11 Å². The molecule has 0 aliphatic carbocycles. The van der Waals surface area contributed by atoms with E-state index in [0.717, 1.165) is 24.1 Å². The Morgan fingerprint density at radius 2 is 1.88 bits per heavy atom. The van der Waals surface area contributed by atoms with Crippen LogP contribution in [0.4, 0.5) is 11.4 Å². The second kappa shape index (κ2) is 7.28. The third-order valence-electron chi connectivity index (χ3n) is 3.88. The maximum atomic E-state index is 12.4. The number of nitrogens with one attached hydrogen (secondary N) is 1. The van der Waals surface area contributed by atoms with Crippen molar-refractivity contribution in [2.45, 2.75) is 31.1 Å². The maximum Gasteiger partial charge on any atom is 0.291 e. The summed E-state index contributed by atoms with van der Waals surface area (Å²) >= 11 is 5.76. The van der Waals surface area contributed by atoms with Crippen LogP contribution in [0.25, 0.3) is 0 Å². The fourth-order valence-electron chi connectivity index (χ4n) is 2.19. The zero-order chi connectivity index (χ0) is 18.8. The second-order valence-electron chi connectivity index (χ2n) is 5.56. The quantitative estimate of drug-likeness (QED) is 0.439. The van der Waals surface area contributed by atoms with Crippen LogP contribution >= 0.6 is 11.6 Å². The van der Waals surface area contributed by atoms with Crippen molar-refractivity contribution in [3.63, 3.8) is 0 Å². The molecule has 134 valence electrons. The monoisotopic (exact) mass is 384 g/mol. The Hall–Kier alpha value is -2.32. The van der Waals surface area contributed by atoms with Gasteiger partial charge in [0.1, 0.15) is 10.8 Å². The summed E-state index contributed by atoms with van der Waals surface area (Å²) in [5.74, 6) is -0.280. The number of phenolic OH excluding ortho intramolecular Hbond substituents is 1. The molecule has 0 heterocycles.